The van der Waals surface area contributed by atoms with Gasteiger partial charge < -0.3 is 10.1 Å². The van der Waals surface area contributed by atoms with Gasteiger partial charge in [-0.1, -0.05) is 12.1 Å². The summed E-state index contributed by atoms with van der Waals surface area (Å²) in [6.07, 6.45) is 0. The molecule has 0 aliphatic heterocycles. The summed E-state index contributed by atoms with van der Waals surface area (Å²) in [5, 5.41) is 11.4. The van der Waals surface area contributed by atoms with Gasteiger partial charge in [0.2, 0.25) is 0 Å². The van der Waals surface area contributed by atoms with E-state index >= 15 is 0 Å². The van der Waals surface area contributed by atoms with Crippen molar-refractivity contribution in [3.63, 3.8) is 0 Å². The molecule has 2 aromatic rings. The number of ether oxygens (including phenoxy) is 1. The second-order valence-corrected chi connectivity index (χ2v) is 4.46. The SMILES string of the molecule is Cc1ccc(F)c(OCC(=O)Nc2cccc(C#N)c2)c1. The molecule has 2 aromatic carbocycles. The first-order valence-electron chi connectivity index (χ1n) is 6.27. The molecule has 2 rings (SSSR count). The molecule has 106 valence electrons. The number of carbonyl (C=O) groups is 1. The highest BCUT2D eigenvalue weighted by Gasteiger charge is 2.08. The van der Waals surface area contributed by atoms with Crippen LogP contribution in [0.2, 0.25) is 0 Å². The Labute approximate surface area is 121 Å². The molecule has 0 aliphatic carbocycles. The van der Waals surface area contributed by atoms with Crippen LogP contribution in [0, 0.1) is 24.1 Å². The smallest absolute Gasteiger partial charge is 0.262 e. The maximum atomic E-state index is 13.5. The molecule has 0 spiro atoms. The standard InChI is InChI=1S/C16H13FN2O2/c1-11-5-6-14(17)15(7-11)21-10-16(20)19-13-4-2-3-12(8-13)9-18/h2-8H,10H2,1H3,(H,19,20). The molecular formula is C16H13FN2O2. The number of rotatable bonds is 4. The van der Waals surface area contributed by atoms with Gasteiger partial charge in [-0.25, -0.2) is 4.39 Å². The zero-order valence-electron chi connectivity index (χ0n) is 11.4. The highest BCUT2D eigenvalue weighted by molar-refractivity contribution is 5.92. The molecule has 0 aliphatic rings. The minimum atomic E-state index is -0.514. The summed E-state index contributed by atoms with van der Waals surface area (Å²) in [6.45, 7) is 1.50. The fraction of sp³-hybridized carbons (Fsp3) is 0.125. The number of hydrogen-bond acceptors (Lipinski definition) is 3. The third-order valence-electron chi connectivity index (χ3n) is 2.72. The molecular weight excluding hydrogens is 271 g/mol. The minimum absolute atomic E-state index is 0.0379. The van der Waals surface area contributed by atoms with Crippen LogP contribution in [0.1, 0.15) is 11.1 Å². The van der Waals surface area contributed by atoms with Crippen molar-refractivity contribution in [2.45, 2.75) is 6.92 Å². The number of amides is 1. The van der Waals surface area contributed by atoms with Gasteiger partial charge in [0.05, 0.1) is 11.6 Å². The number of anilines is 1. The van der Waals surface area contributed by atoms with E-state index in [4.69, 9.17) is 10.00 Å². The van der Waals surface area contributed by atoms with Crippen molar-refractivity contribution >= 4 is 11.6 Å². The first kappa shape index (κ1) is 14.5. The van der Waals surface area contributed by atoms with E-state index in [-0.39, 0.29) is 12.4 Å². The predicted octanol–water partition coefficient (Wildman–Crippen LogP) is 3.02. The second kappa shape index (κ2) is 6.53. The highest BCUT2D eigenvalue weighted by Crippen LogP contribution is 2.18. The number of benzene rings is 2. The number of aryl methyl sites for hydroxylation is 1. The van der Waals surface area contributed by atoms with E-state index in [0.29, 0.717) is 11.3 Å². The third-order valence-corrected chi connectivity index (χ3v) is 2.72. The maximum Gasteiger partial charge on any atom is 0.262 e. The molecule has 0 fully saturated rings. The number of nitrogens with one attached hydrogen (secondary N) is 1. The van der Waals surface area contributed by atoms with Gasteiger partial charge in [0, 0.05) is 5.69 Å². The molecule has 0 radical (unpaired) electrons. The molecule has 4 nitrogen and oxygen atoms in total. The van der Waals surface area contributed by atoms with Crippen LogP contribution in [0.15, 0.2) is 42.5 Å². The van der Waals surface area contributed by atoms with Crippen molar-refractivity contribution in [2.75, 3.05) is 11.9 Å². The van der Waals surface area contributed by atoms with Gasteiger partial charge in [0.1, 0.15) is 0 Å². The molecule has 0 saturated heterocycles. The number of halogens is 1. The third kappa shape index (κ3) is 4.05. The lowest BCUT2D eigenvalue weighted by Gasteiger charge is -2.09. The van der Waals surface area contributed by atoms with Crippen LogP contribution >= 0.6 is 0 Å². The molecule has 1 amide bonds. The zero-order valence-corrected chi connectivity index (χ0v) is 11.4. The van der Waals surface area contributed by atoms with Crippen molar-refractivity contribution in [3.8, 4) is 11.8 Å². The zero-order chi connectivity index (χ0) is 15.2. The lowest BCUT2D eigenvalue weighted by Crippen LogP contribution is -2.20. The number of carbonyl (C=O) groups excluding carboxylic acids is 1. The van der Waals surface area contributed by atoms with Gasteiger partial charge in [-0.2, -0.15) is 5.26 Å². The van der Waals surface area contributed by atoms with Crippen LogP contribution < -0.4 is 10.1 Å². The van der Waals surface area contributed by atoms with Gasteiger partial charge >= 0.3 is 0 Å². The lowest BCUT2D eigenvalue weighted by molar-refractivity contribution is -0.118. The fourth-order valence-electron chi connectivity index (χ4n) is 1.73. The van der Waals surface area contributed by atoms with Crippen LogP contribution in [-0.2, 0) is 4.79 Å². The van der Waals surface area contributed by atoms with E-state index in [1.54, 1.807) is 37.3 Å². The van der Waals surface area contributed by atoms with Crippen molar-refractivity contribution in [3.05, 3.63) is 59.4 Å². The van der Waals surface area contributed by atoms with Crippen molar-refractivity contribution in [1.29, 1.82) is 5.26 Å². The summed E-state index contributed by atoms with van der Waals surface area (Å²) in [6, 6.07) is 12.9. The Morgan fingerprint density at radius 1 is 1.33 bits per heavy atom. The topological polar surface area (TPSA) is 62.1 Å². The first-order chi connectivity index (χ1) is 10.1. The Kier molecular flexibility index (Phi) is 4.52. The van der Waals surface area contributed by atoms with Crippen LogP contribution in [0.3, 0.4) is 0 Å². The van der Waals surface area contributed by atoms with Gasteiger partial charge in [-0.05, 0) is 42.8 Å². The van der Waals surface area contributed by atoms with E-state index < -0.39 is 11.7 Å². The van der Waals surface area contributed by atoms with Crippen LogP contribution in [-0.4, -0.2) is 12.5 Å². The molecule has 1 N–H and O–H groups in total. The van der Waals surface area contributed by atoms with E-state index in [0.717, 1.165) is 5.56 Å². The number of hydrogen-bond donors (Lipinski definition) is 1. The van der Waals surface area contributed by atoms with Crippen LogP contribution in [0.25, 0.3) is 0 Å². The normalized spacial score (nSPS) is 9.76. The van der Waals surface area contributed by atoms with E-state index in [1.165, 1.54) is 12.1 Å². The monoisotopic (exact) mass is 284 g/mol. The van der Waals surface area contributed by atoms with Crippen molar-refractivity contribution < 1.29 is 13.9 Å². The van der Waals surface area contributed by atoms with E-state index in [2.05, 4.69) is 5.32 Å². The Morgan fingerprint density at radius 3 is 2.90 bits per heavy atom. The van der Waals surface area contributed by atoms with Gasteiger partial charge in [-0.15, -0.1) is 0 Å². The molecule has 0 bridgehead atoms. The Balaban J connectivity index is 1.96. The first-order valence-corrected chi connectivity index (χ1v) is 6.27. The lowest BCUT2D eigenvalue weighted by atomic mass is 10.2. The molecule has 0 aromatic heterocycles. The molecule has 0 heterocycles. The Morgan fingerprint density at radius 2 is 2.14 bits per heavy atom. The minimum Gasteiger partial charge on any atom is -0.481 e. The second-order valence-electron chi connectivity index (χ2n) is 4.46. The molecule has 0 saturated carbocycles. The van der Waals surface area contributed by atoms with E-state index in [9.17, 15) is 9.18 Å². The summed E-state index contributed by atoms with van der Waals surface area (Å²) in [5.41, 5.74) is 1.78. The Bertz CT molecular complexity index is 708. The summed E-state index contributed by atoms with van der Waals surface area (Å²) >= 11 is 0. The molecule has 21 heavy (non-hydrogen) atoms. The molecule has 0 unspecified atom stereocenters. The molecule has 5 heteroatoms. The summed E-state index contributed by atoms with van der Waals surface area (Å²) < 4.78 is 18.6. The maximum absolute atomic E-state index is 13.5. The summed E-state index contributed by atoms with van der Waals surface area (Å²) in [7, 11) is 0. The van der Waals surface area contributed by atoms with Crippen molar-refractivity contribution in [2.24, 2.45) is 0 Å². The van der Waals surface area contributed by atoms with Gasteiger partial charge in [0.15, 0.2) is 18.2 Å². The number of nitrogens with zero attached hydrogens (tertiary/aromatic N) is 1. The number of nitriles is 1. The summed E-state index contributed by atoms with van der Waals surface area (Å²) in [4.78, 5) is 11.7. The predicted molar refractivity (Wildman–Crippen MR) is 76.4 cm³/mol. The largest absolute Gasteiger partial charge is 0.481 e. The van der Waals surface area contributed by atoms with Gasteiger partial charge in [0.25, 0.3) is 5.91 Å². The average Bonchev–Trinajstić information content (AvgIpc) is 2.48. The molecule has 0 atom stereocenters. The van der Waals surface area contributed by atoms with Crippen molar-refractivity contribution in [1.82, 2.24) is 0 Å². The fourth-order valence-corrected chi connectivity index (χ4v) is 1.73. The Hall–Kier alpha value is -2.87. The van der Waals surface area contributed by atoms with Crippen LogP contribution in [0.5, 0.6) is 5.75 Å². The van der Waals surface area contributed by atoms with Gasteiger partial charge in [-0.3, -0.25) is 4.79 Å². The quantitative estimate of drug-likeness (QED) is 0.938. The van der Waals surface area contributed by atoms with E-state index in [1.807, 2.05) is 6.07 Å². The van der Waals surface area contributed by atoms with Crippen LogP contribution in [0.4, 0.5) is 10.1 Å². The summed E-state index contributed by atoms with van der Waals surface area (Å²) in [5.74, 6) is -0.901. The highest BCUT2D eigenvalue weighted by atomic mass is 19.1. The average molecular weight is 284 g/mol.